The lowest BCUT2D eigenvalue weighted by atomic mass is 10.1. The summed E-state index contributed by atoms with van der Waals surface area (Å²) in [5, 5.41) is 2.92. The molecule has 0 spiro atoms. The molecule has 5 nitrogen and oxygen atoms in total. The van der Waals surface area contributed by atoms with Crippen LogP contribution in [0.4, 0.5) is 5.82 Å². The smallest absolute Gasteiger partial charge is 0.258 e. The summed E-state index contributed by atoms with van der Waals surface area (Å²) in [6.45, 7) is 6.65. The Labute approximate surface area is 155 Å². The first-order valence-corrected chi connectivity index (χ1v) is 9.28. The van der Waals surface area contributed by atoms with Crippen LogP contribution in [0.2, 0.25) is 0 Å². The zero-order chi connectivity index (χ0) is 18.4. The van der Waals surface area contributed by atoms with Gasteiger partial charge in [0.15, 0.2) is 6.61 Å². The van der Waals surface area contributed by atoms with Gasteiger partial charge in [0.05, 0.1) is 0 Å². The van der Waals surface area contributed by atoms with E-state index in [0.29, 0.717) is 6.54 Å². The monoisotopic (exact) mass is 353 g/mol. The quantitative estimate of drug-likeness (QED) is 0.865. The molecule has 1 aliphatic rings. The number of nitrogens with zero attached hydrogens (tertiary/aromatic N) is 2. The molecular weight excluding hydrogens is 326 g/mol. The average molecular weight is 353 g/mol. The van der Waals surface area contributed by atoms with E-state index in [1.807, 2.05) is 44.3 Å². The van der Waals surface area contributed by atoms with Gasteiger partial charge in [0, 0.05) is 25.8 Å². The standard InChI is InChI=1S/C21H27N3O2/c1-16-6-7-19(17(2)12-16)26-15-21(25)23-14-18-8-9-22-20(13-18)24-10-4-3-5-11-24/h6-9,12-13H,3-5,10-11,14-15H2,1-2H3,(H,23,25). The van der Waals surface area contributed by atoms with Gasteiger partial charge in [-0.1, -0.05) is 17.7 Å². The normalized spacial score (nSPS) is 14.2. The third-order valence-corrected chi connectivity index (χ3v) is 4.67. The Morgan fingerprint density at radius 1 is 1.15 bits per heavy atom. The van der Waals surface area contributed by atoms with Gasteiger partial charge in [0.1, 0.15) is 11.6 Å². The number of amides is 1. The van der Waals surface area contributed by atoms with Gasteiger partial charge >= 0.3 is 0 Å². The molecule has 1 amide bonds. The van der Waals surface area contributed by atoms with Crippen molar-refractivity contribution in [1.82, 2.24) is 10.3 Å². The molecule has 1 aliphatic heterocycles. The Morgan fingerprint density at radius 2 is 1.96 bits per heavy atom. The van der Waals surface area contributed by atoms with Crippen molar-refractivity contribution in [3.8, 4) is 5.75 Å². The number of rotatable bonds is 6. The summed E-state index contributed by atoms with van der Waals surface area (Å²) >= 11 is 0. The minimum atomic E-state index is -0.124. The van der Waals surface area contributed by atoms with Crippen LogP contribution >= 0.6 is 0 Å². The fourth-order valence-corrected chi connectivity index (χ4v) is 3.22. The number of anilines is 1. The van der Waals surface area contributed by atoms with Crippen LogP contribution in [0.3, 0.4) is 0 Å². The molecular formula is C21H27N3O2. The number of aromatic nitrogens is 1. The molecule has 0 bridgehead atoms. The highest BCUT2D eigenvalue weighted by Gasteiger charge is 2.12. The zero-order valence-corrected chi connectivity index (χ0v) is 15.6. The summed E-state index contributed by atoms with van der Waals surface area (Å²) in [6, 6.07) is 9.95. The van der Waals surface area contributed by atoms with Crippen LogP contribution < -0.4 is 15.0 Å². The Hall–Kier alpha value is -2.56. The number of hydrogen-bond acceptors (Lipinski definition) is 4. The highest BCUT2D eigenvalue weighted by Crippen LogP contribution is 2.19. The second kappa shape index (κ2) is 8.70. The molecule has 2 aromatic rings. The minimum absolute atomic E-state index is 0.0218. The molecule has 3 rings (SSSR count). The van der Waals surface area contributed by atoms with Crippen LogP contribution in [0.15, 0.2) is 36.5 Å². The molecule has 1 aromatic heterocycles. The van der Waals surface area contributed by atoms with Gasteiger partial charge in [-0.15, -0.1) is 0 Å². The second-order valence-electron chi connectivity index (χ2n) is 6.90. The SMILES string of the molecule is Cc1ccc(OCC(=O)NCc2ccnc(N3CCCCC3)c2)c(C)c1. The summed E-state index contributed by atoms with van der Waals surface area (Å²) in [6.07, 6.45) is 5.56. The fourth-order valence-electron chi connectivity index (χ4n) is 3.22. The first-order valence-electron chi connectivity index (χ1n) is 9.28. The summed E-state index contributed by atoms with van der Waals surface area (Å²) in [4.78, 5) is 18.9. The third kappa shape index (κ3) is 4.97. The topological polar surface area (TPSA) is 54.5 Å². The predicted octanol–water partition coefficient (Wildman–Crippen LogP) is 3.38. The molecule has 5 heteroatoms. The molecule has 1 saturated heterocycles. The van der Waals surface area contributed by atoms with Crippen LogP contribution in [-0.4, -0.2) is 30.6 Å². The van der Waals surface area contributed by atoms with Crippen molar-refractivity contribution in [3.63, 3.8) is 0 Å². The summed E-state index contributed by atoms with van der Waals surface area (Å²) in [7, 11) is 0. The molecule has 1 aromatic carbocycles. The molecule has 26 heavy (non-hydrogen) atoms. The number of piperidine rings is 1. The molecule has 1 fully saturated rings. The Balaban J connectivity index is 1.49. The average Bonchev–Trinajstić information content (AvgIpc) is 2.66. The Kier molecular flexibility index (Phi) is 6.10. The molecule has 0 unspecified atom stereocenters. The van der Waals surface area contributed by atoms with Gasteiger partial charge in [0.25, 0.3) is 5.91 Å². The van der Waals surface area contributed by atoms with E-state index in [1.54, 1.807) is 0 Å². The van der Waals surface area contributed by atoms with E-state index in [1.165, 1.54) is 24.8 Å². The van der Waals surface area contributed by atoms with Gasteiger partial charge in [-0.2, -0.15) is 0 Å². The van der Waals surface area contributed by atoms with Crippen LogP contribution in [0.1, 0.15) is 36.0 Å². The maximum absolute atomic E-state index is 12.1. The zero-order valence-electron chi connectivity index (χ0n) is 15.6. The van der Waals surface area contributed by atoms with E-state index in [9.17, 15) is 4.79 Å². The Bertz CT molecular complexity index is 755. The molecule has 138 valence electrons. The van der Waals surface area contributed by atoms with Gasteiger partial charge in [-0.3, -0.25) is 4.79 Å². The van der Waals surface area contributed by atoms with E-state index in [-0.39, 0.29) is 12.5 Å². The van der Waals surface area contributed by atoms with Crippen LogP contribution in [0.5, 0.6) is 5.75 Å². The largest absolute Gasteiger partial charge is 0.484 e. The highest BCUT2D eigenvalue weighted by atomic mass is 16.5. The van der Waals surface area contributed by atoms with Gasteiger partial charge in [0.2, 0.25) is 0 Å². The van der Waals surface area contributed by atoms with Crippen molar-refractivity contribution in [1.29, 1.82) is 0 Å². The molecule has 0 radical (unpaired) electrons. The maximum atomic E-state index is 12.1. The molecule has 0 atom stereocenters. The Morgan fingerprint density at radius 3 is 2.73 bits per heavy atom. The number of aryl methyl sites for hydroxylation is 2. The summed E-state index contributed by atoms with van der Waals surface area (Å²) < 4.78 is 5.63. The van der Waals surface area contributed by atoms with E-state index in [0.717, 1.165) is 35.8 Å². The number of hydrogen-bond donors (Lipinski definition) is 1. The van der Waals surface area contributed by atoms with Crippen molar-refractivity contribution in [3.05, 3.63) is 53.2 Å². The predicted molar refractivity (Wildman–Crippen MR) is 104 cm³/mol. The lowest BCUT2D eigenvalue weighted by Crippen LogP contribution is -2.31. The highest BCUT2D eigenvalue weighted by molar-refractivity contribution is 5.77. The second-order valence-corrected chi connectivity index (χ2v) is 6.90. The van der Waals surface area contributed by atoms with Gasteiger partial charge < -0.3 is 15.0 Å². The maximum Gasteiger partial charge on any atom is 0.258 e. The molecule has 2 heterocycles. The number of benzene rings is 1. The van der Waals surface area contributed by atoms with E-state index in [4.69, 9.17) is 4.74 Å². The summed E-state index contributed by atoms with van der Waals surface area (Å²) in [5.74, 6) is 1.63. The van der Waals surface area contributed by atoms with Crippen LogP contribution in [0, 0.1) is 13.8 Å². The number of carbonyl (C=O) groups is 1. The minimum Gasteiger partial charge on any atom is -0.484 e. The van der Waals surface area contributed by atoms with Crippen LogP contribution in [0.25, 0.3) is 0 Å². The van der Waals surface area contributed by atoms with Crippen molar-refractivity contribution >= 4 is 11.7 Å². The van der Waals surface area contributed by atoms with Crippen molar-refractivity contribution in [2.75, 3.05) is 24.6 Å². The van der Waals surface area contributed by atoms with E-state index >= 15 is 0 Å². The fraction of sp³-hybridized carbons (Fsp3) is 0.429. The summed E-state index contributed by atoms with van der Waals surface area (Å²) in [5.41, 5.74) is 3.28. The third-order valence-electron chi connectivity index (χ3n) is 4.67. The van der Waals surface area contributed by atoms with E-state index < -0.39 is 0 Å². The number of nitrogens with one attached hydrogen (secondary N) is 1. The van der Waals surface area contributed by atoms with E-state index in [2.05, 4.69) is 21.3 Å². The first kappa shape index (κ1) is 18.2. The van der Waals surface area contributed by atoms with Crippen molar-refractivity contribution < 1.29 is 9.53 Å². The molecule has 0 aliphatic carbocycles. The molecule has 0 saturated carbocycles. The number of pyridine rings is 1. The molecule has 1 N–H and O–H groups in total. The van der Waals surface area contributed by atoms with Gasteiger partial charge in [-0.25, -0.2) is 4.98 Å². The number of ether oxygens (including phenoxy) is 1. The first-order chi connectivity index (χ1) is 12.6. The van der Waals surface area contributed by atoms with Crippen molar-refractivity contribution in [2.45, 2.75) is 39.7 Å². The van der Waals surface area contributed by atoms with Crippen molar-refractivity contribution in [2.24, 2.45) is 0 Å². The lowest BCUT2D eigenvalue weighted by molar-refractivity contribution is -0.123. The van der Waals surface area contributed by atoms with Crippen LogP contribution in [-0.2, 0) is 11.3 Å². The lowest BCUT2D eigenvalue weighted by Gasteiger charge is -2.27. The van der Waals surface area contributed by atoms with Gasteiger partial charge in [-0.05, 0) is 62.4 Å². The number of carbonyl (C=O) groups excluding carboxylic acids is 1.